The average molecular weight is 243 g/mol. The Hall–Kier alpha value is -1.61. The van der Waals surface area contributed by atoms with Gasteiger partial charge in [0.25, 0.3) is 0 Å². The molecule has 3 rings (SSSR count). The number of anilines is 1. The molecule has 2 aromatic rings. The van der Waals surface area contributed by atoms with Crippen LogP contribution < -0.4 is 4.90 Å². The molecule has 0 amide bonds. The molecule has 1 aliphatic heterocycles. The van der Waals surface area contributed by atoms with Gasteiger partial charge in [0.2, 0.25) is 0 Å². The molecule has 0 saturated carbocycles. The van der Waals surface area contributed by atoms with E-state index >= 15 is 0 Å². The largest absolute Gasteiger partial charge is 0.359 e. The van der Waals surface area contributed by atoms with Gasteiger partial charge in [0.1, 0.15) is 0 Å². The summed E-state index contributed by atoms with van der Waals surface area (Å²) in [5, 5.41) is 1.20. The van der Waals surface area contributed by atoms with Crippen LogP contribution in [0.2, 0.25) is 0 Å². The Balaban J connectivity index is 1.86. The van der Waals surface area contributed by atoms with Gasteiger partial charge in [-0.1, -0.05) is 24.3 Å². The molecule has 0 spiro atoms. The van der Waals surface area contributed by atoms with Crippen LogP contribution in [0, 0.1) is 0 Å². The Morgan fingerprint density at radius 1 is 1.12 bits per heavy atom. The molecule has 2 heterocycles. The third-order valence-electron chi connectivity index (χ3n) is 3.17. The van der Waals surface area contributed by atoms with Gasteiger partial charge in [0.05, 0.1) is 9.88 Å². The van der Waals surface area contributed by atoms with Crippen LogP contribution in [0.4, 0.5) is 5.00 Å². The maximum absolute atomic E-state index is 10.7. The van der Waals surface area contributed by atoms with Crippen molar-refractivity contribution in [2.24, 2.45) is 0 Å². The van der Waals surface area contributed by atoms with Crippen molar-refractivity contribution in [3.63, 3.8) is 0 Å². The van der Waals surface area contributed by atoms with Gasteiger partial charge in [-0.2, -0.15) is 0 Å². The maximum Gasteiger partial charge on any atom is 0.160 e. The van der Waals surface area contributed by atoms with E-state index in [2.05, 4.69) is 29.2 Å². The standard InChI is InChI=1S/C14H13NOS/c16-10-13-5-6-14(17-13)15-8-7-11-3-1-2-4-12(11)9-15/h1-6,10H,7-9H2. The van der Waals surface area contributed by atoms with E-state index in [1.165, 1.54) is 16.1 Å². The van der Waals surface area contributed by atoms with E-state index in [1.54, 1.807) is 11.3 Å². The van der Waals surface area contributed by atoms with E-state index in [1.807, 2.05) is 12.1 Å². The first-order valence-electron chi connectivity index (χ1n) is 5.73. The summed E-state index contributed by atoms with van der Waals surface area (Å²) < 4.78 is 0. The number of carbonyl (C=O) groups excluding carboxylic acids is 1. The molecule has 0 atom stereocenters. The Kier molecular flexibility index (Phi) is 2.69. The number of hydrogen-bond acceptors (Lipinski definition) is 3. The fraction of sp³-hybridized carbons (Fsp3) is 0.214. The molecule has 0 N–H and O–H groups in total. The van der Waals surface area contributed by atoms with Crippen LogP contribution in [0.1, 0.15) is 20.8 Å². The number of thiophene rings is 1. The summed E-state index contributed by atoms with van der Waals surface area (Å²) >= 11 is 1.57. The second-order valence-corrected chi connectivity index (χ2v) is 5.33. The smallest absolute Gasteiger partial charge is 0.160 e. The highest BCUT2D eigenvalue weighted by Gasteiger charge is 2.17. The summed E-state index contributed by atoms with van der Waals surface area (Å²) in [5.41, 5.74) is 2.86. The van der Waals surface area contributed by atoms with Crippen molar-refractivity contribution in [3.05, 3.63) is 52.4 Å². The number of carbonyl (C=O) groups is 1. The molecule has 0 bridgehead atoms. The maximum atomic E-state index is 10.7. The average Bonchev–Trinajstić information content (AvgIpc) is 2.87. The van der Waals surface area contributed by atoms with Gasteiger partial charge in [0, 0.05) is 13.1 Å². The Morgan fingerprint density at radius 2 is 1.94 bits per heavy atom. The Labute approximate surface area is 105 Å². The third-order valence-corrected chi connectivity index (χ3v) is 4.24. The zero-order valence-corrected chi connectivity index (χ0v) is 10.2. The minimum absolute atomic E-state index is 0.804. The van der Waals surface area contributed by atoms with Gasteiger partial charge >= 0.3 is 0 Å². The van der Waals surface area contributed by atoms with Crippen molar-refractivity contribution in [2.75, 3.05) is 11.4 Å². The fourth-order valence-corrected chi connectivity index (χ4v) is 3.11. The predicted octanol–water partition coefficient (Wildman–Crippen LogP) is 3.12. The highest BCUT2D eigenvalue weighted by Crippen LogP contribution is 2.29. The molecule has 2 nitrogen and oxygen atoms in total. The van der Waals surface area contributed by atoms with Gasteiger partial charge in [-0.05, 0) is 29.7 Å². The van der Waals surface area contributed by atoms with Crippen molar-refractivity contribution < 1.29 is 4.79 Å². The minimum Gasteiger partial charge on any atom is -0.359 e. The van der Waals surface area contributed by atoms with E-state index in [0.29, 0.717) is 0 Å². The van der Waals surface area contributed by atoms with Gasteiger partial charge < -0.3 is 4.90 Å². The molecule has 1 aliphatic rings. The van der Waals surface area contributed by atoms with Crippen LogP contribution in [0.15, 0.2) is 36.4 Å². The van der Waals surface area contributed by atoms with E-state index in [0.717, 1.165) is 30.7 Å². The summed E-state index contributed by atoms with van der Waals surface area (Å²) in [7, 11) is 0. The molecule has 86 valence electrons. The molecular formula is C14H13NOS. The molecule has 0 fully saturated rings. The van der Waals surface area contributed by atoms with Gasteiger partial charge in [-0.25, -0.2) is 0 Å². The zero-order chi connectivity index (χ0) is 11.7. The second-order valence-electron chi connectivity index (χ2n) is 4.23. The number of benzene rings is 1. The van der Waals surface area contributed by atoms with Gasteiger partial charge in [0.15, 0.2) is 6.29 Å². The normalized spacial score (nSPS) is 14.5. The lowest BCUT2D eigenvalue weighted by Crippen LogP contribution is -2.29. The Bertz CT molecular complexity index is 547. The van der Waals surface area contributed by atoms with Gasteiger partial charge in [-0.15, -0.1) is 11.3 Å². The van der Waals surface area contributed by atoms with Crippen molar-refractivity contribution >= 4 is 22.6 Å². The number of hydrogen-bond donors (Lipinski definition) is 0. The quantitative estimate of drug-likeness (QED) is 0.755. The second kappa shape index (κ2) is 4.34. The van der Waals surface area contributed by atoms with Crippen LogP contribution >= 0.6 is 11.3 Å². The van der Waals surface area contributed by atoms with Crippen LogP contribution in [-0.4, -0.2) is 12.8 Å². The van der Waals surface area contributed by atoms with Crippen molar-refractivity contribution in [3.8, 4) is 0 Å². The van der Waals surface area contributed by atoms with E-state index < -0.39 is 0 Å². The van der Waals surface area contributed by atoms with E-state index in [4.69, 9.17) is 0 Å². The first-order chi connectivity index (χ1) is 8.36. The number of nitrogens with zero attached hydrogens (tertiary/aromatic N) is 1. The fourth-order valence-electron chi connectivity index (χ4n) is 2.26. The van der Waals surface area contributed by atoms with E-state index in [9.17, 15) is 4.79 Å². The molecule has 17 heavy (non-hydrogen) atoms. The molecule has 1 aromatic carbocycles. The number of aldehydes is 1. The lowest BCUT2D eigenvalue weighted by Gasteiger charge is -2.29. The van der Waals surface area contributed by atoms with Crippen molar-refractivity contribution in [2.45, 2.75) is 13.0 Å². The van der Waals surface area contributed by atoms with Crippen LogP contribution in [-0.2, 0) is 13.0 Å². The van der Waals surface area contributed by atoms with Crippen LogP contribution in [0.5, 0.6) is 0 Å². The molecule has 0 radical (unpaired) electrons. The zero-order valence-electron chi connectivity index (χ0n) is 9.43. The van der Waals surface area contributed by atoms with E-state index in [-0.39, 0.29) is 0 Å². The lowest BCUT2D eigenvalue weighted by molar-refractivity contribution is 0.112. The summed E-state index contributed by atoms with van der Waals surface area (Å²) in [6, 6.07) is 12.5. The number of fused-ring (bicyclic) bond motifs is 1. The summed E-state index contributed by atoms with van der Waals surface area (Å²) in [6.07, 6.45) is 2.01. The Morgan fingerprint density at radius 3 is 2.71 bits per heavy atom. The lowest BCUT2D eigenvalue weighted by atomic mass is 10.0. The molecule has 3 heteroatoms. The minimum atomic E-state index is 0.804. The monoisotopic (exact) mass is 243 g/mol. The first-order valence-corrected chi connectivity index (χ1v) is 6.55. The van der Waals surface area contributed by atoms with Crippen LogP contribution in [0.25, 0.3) is 0 Å². The number of rotatable bonds is 2. The first kappa shape index (κ1) is 10.5. The third kappa shape index (κ3) is 1.98. The molecular weight excluding hydrogens is 230 g/mol. The summed E-state index contributed by atoms with van der Waals surface area (Å²) in [6.45, 7) is 1.99. The van der Waals surface area contributed by atoms with Crippen molar-refractivity contribution in [1.29, 1.82) is 0 Å². The SMILES string of the molecule is O=Cc1ccc(N2CCc3ccccc3C2)s1. The topological polar surface area (TPSA) is 20.3 Å². The highest BCUT2D eigenvalue weighted by molar-refractivity contribution is 7.17. The summed E-state index contributed by atoms with van der Waals surface area (Å²) in [5.74, 6) is 0. The van der Waals surface area contributed by atoms with Crippen molar-refractivity contribution in [1.82, 2.24) is 0 Å². The predicted molar refractivity (Wildman–Crippen MR) is 70.9 cm³/mol. The van der Waals surface area contributed by atoms with Gasteiger partial charge in [-0.3, -0.25) is 4.79 Å². The van der Waals surface area contributed by atoms with Crippen LogP contribution in [0.3, 0.4) is 0 Å². The molecule has 0 saturated heterocycles. The molecule has 1 aromatic heterocycles. The molecule has 0 aliphatic carbocycles. The molecule has 0 unspecified atom stereocenters. The summed E-state index contributed by atoms with van der Waals surface area (Å²) in [4.78, 5) is 13.8. The highest BCUT2D eigenvalue weighted by atomic mass is 32.1.